The van der Waals surface area contributed by atoms with Gasteiger partial charge in [0, 0.05) is 11.6 Å². The SMILES string of the molecule is NCc1c(C(=O)O)nnn1Cc1cc(F)ccc1Cl. The molecule has 0 saturated heterocycles. The fraction of sp³-hybridized carbons (Fsp3) is 0.182. The first-order valence-corrected chi connectivity index (χ1v) is 5.70. The Morgan fingerprint density at radius 1 is 1.53 bits per heavy atom. The lowest BCUT2D eigenvalue weighted by Gasteiger charge is -2.07. The topological polar surface area (TPSA) is 94.0 Å². The van der Waals surface area contributed by atoms with Gasteiger partial charge in [-0.3, -0.25) is 0 Å². The number of hydrogen-bond acceptors (Lipinski definition) is 4. The number of aromatic nitrogens is 3. The average molecular weight is 285 g/mol. The van der Waals surface area contributed by atoms with Crippen LogP contribution in [-0.2, 0) is 13.1 Å². The molecule has 8 heteroatoms. The highest BCUT2D eigenvalue weighted by Gasteiger charge is 2.18. The predicted octanol–water partition coefficient (Wildman–Crippen LogP) is 1.28. The van der Waals surface area contributed by atoms with E-state index in [-0.39, 0.29) is 24.5 Å². The minimum atomic E-state index is -1.21. The van der Waals surface area contributed by atoms with Crippen molar-refractivity contribution in [2.24, 2.45) is 5.73 Å². The normalized spacial score (nSPS) is 10.7. The number of nitrogens with two attached hydrogens (primary N) is 1. The first-order valence-electron chi connectivity index (χ1n) is 5.32. The van der Waals surface area contributed by atoms with Crippen molar-refractivity contribution in [2.75, 3.05) is 0 Å². The maximum atomic E-state index is 13.1. The molecule has 0 atom stereocenters. The van der Waals surface area contributed by atoms with E-state index in [0.29, 0.717) is 10.6 Å². The van der Waals surface area contributed by atoms with Gasteiger partial charge in [0.25, 0.3) is 0 Å². The van der Waals surface area contributed by atoms with E-state index >= 15 is 0 Å². The standard InChI is InChI=1S/C11H10ClFN4O2/c12-8-2-1-7(13)3-6(8)5-17-9(4-14)10(11(18)19)15-16-17/h1-3H,4-5,14H2,(H,18,19). The molecule has 0 amide bonds. The molecule has 0 saturated carbocycles. The van der Waals surface area contributed by atoms with E-state index in [4.69, 9.17) is 22.4 Å². The van der Waals surface area contributed by atoms with Gasteiger partial charge in [0.05, 0.1) is 12.2 Å². The number of halogens is 2. The van der Waals surface area contributed by atoms with Gasteiger partial charge in [0.2, 0.25) is 0 Å². The Hall–Kier alpha value is -1.99. The van der Waals surface area contributed by atoms with E-state index in [2.05, 4.69) is 10.3 Å². The molecule has 0 radical (unpaired) electrons. The molecule has 0 aliphatic carbocycles. The number of rotatable bonds is 4. The van der Waals surface area contributed by atoms with Gasteiger partial charge in [-0.25, -0.2) is 13.9 Å². The van der Waals surface area contributed by atoms with E-state index in [0.717, 1.165) is 0 Å². The van der Waals surface area contributed by atoms with Crippen molar-refractivity contribution in [1.29, 1.82) is 0 Å². The third kappa shape index (κ3) is 2.72. The van der Waals surface area contributed by atoms with Crippen molar-refractivity contribution in [3.63, 3.8) is 0 Å². The fourth-order valence-electron chi connectivity index (χ4n) is 1.65. The molecule has 100 valence electrons. The Bertz CT molecular complexity index is 629. The second-order valence-electron chi connectivity index (χ2n) is 3.79. The van der Waals surface area contributed by atoms with Gasteiger partial charge >= 0.3 is 5.97 Å². The number of hydrogen-bond donors (Lipinski definition) is 2. The summed E-state index contributed by atoms with van der Waals surface area (Å²) in [6.45, 7) is 0.0605. The largest absolute Gasteiger partial charge is 0.476 e. The van der Waals surface area contributed by atoms with Crippen molar-refractivity contribution in [2.45, 2.75) is 13.1 Å². The number of carboxylic acid groups (broad SMARTS) is 1. The van der Waals surface area contributed by atoms with Crippen molar-refractivity contribution >= 4 is 17.6 Å². The van der Waals surface area contributed by atoms with Crippen LogP contribution >= 0.6 is 11.6 Å². The van der Waals surface area contributed by atoms with Gasteiger partial charge < -0.3 is 10.8 Å². The van der Waals surface area contributed by atoms with Crippen LogP contribution in [0.3, 0.4) is 0 Å². The molecule has 3 N–H and O–H groups in total. The Morgan fingerprint density at radius 3 is 2.89 bits per heavy atom. The van der Waals surface area contributed by atoms with Crippen LogP contribution in [0.5, 0.6) is 0 Å². The Labute approximate surface area is 112 Å². The molecule has 1 aromatic carbocycles. The molecule has 0 aliphatic rings. The third-order valence-electron chi connectivity index (χ3n) is 2.56. The monoisotopic (exact) mass is 284 g/mol. The highest BCUT2D eigenvalue weighted by atomic mass is 35.5. The van der Waals surface area contributed by atoms with Gasteiger partial charge in [-0.1, -0.05) is 16.8 Å². The number of carbonyl (C=O) groups is 1. The van der Waals surface area contributed by atoms with Gasteiger partial charge in [-0.15, -0.1) is 5.10 Å². The van der Waals surface area contributed by atoms with Crippen molar-refractivity contribution in [3.8, 4) is 0 Å². The second kappa shape index (κ2) is 5.33. The van der Waals surface area contributed by atoms with E-state index < -0.39 is 11.8 Å². The molecule has 0 aliphatic heterocycles. The number of aromatic carboxylic acids is 1. The lowest BCUT2D eigenvalue weighted by atomic mass is 10.2. The molecule has 0 fully saturated rings. The van der Waals surface area contributed by atoms with Gasteiger partial charge in [0.1, 0.15) is 5.82 Å². The number of nitrogens with zero attached hydrogens (tertiary/aromatic N) is 3. The van der Waals surface area contributed by atoms with Crippen LogP contribution in [0.1, 0.15) is 21.7 Å². The highest BCUT2D eigenvalue weighted by molar-refractivity contribution is 6.31. The van der Waals surface area contributed by atoms with Gasteiger partial charge in [-0.05, 0) is 23.8 Å². The quantitative estimate of drug-likeness (QED) is 0.882. The van der Waals surface area contributed by atoms with Crippen LogP contribution in [0.2, 0.25) is 5.02 Å². The number of benzene rings is 1. The Balaban J connectivity index is 2.38. The summed E-state index contributed by atoms with van der Waals surface area (Å²) in [6, 6.07) is 3.91. The molecular weight excluding hydrogens is 275 g/mol. The zero-order valence-corrected chi connectivity index (χ0v) is 10.4. The highest BCUT2D eigenvalue weighted by Crippen LogP contribution is 2.19. The van der Waals surface area contributed by atoms with Crippen molar-refractivity contribution in [3.05, 3.63) is 46.0 Å². The van der Waals surface area contributed by atoms with Gasteiger partial charge in [0.15, 0.2) is 5.69 Å². The lowest BCUT2D eigenvalue weighted by molar-refractivity contribution is 0.0689. The Morgan fingerprint density at radius 2 is 2.26 bits per heavy atom. The first-order chi connectivity index (χ1) is 9.02. The molecule has 0 spiro atoms. The third-order valence-corrected chi connectivity index (χ3v) is 2.93. The summed E-state index contributed by atoms with van der Waals surface area (Å²) >= 11 is 5.94. The van der Waals surface area contributed by atoms with E-state index in [9.17, 15) is 9.18 Å². The molecule has 1 aromatic heterocycles. The summed E-state index contributed by atoms with van der Waals surface area (Å²) in [6.07, 6.45) is 0. The summed E-state index contributed by atoms with van der Waals surface area (Å²) in [4.78, 5) is 10.9. The van der Waals surface area contributed by atoms with Crippen molar-refractivity contribution in [1.82, 2.24) is 15.0 Å². The fourth-order valence-corrected chi connectivity index (χ4v) is 1.83. The molecule has 0 bridgehead atoms. The maximum absolute atomic E-state index is 13.1. The molecule has 19 heavy (non-hydrogen) atoms. The summed E-state index contributed by atoms with van der Waals surface area (Å²) in [5.74, 6) is -1.65. The molecule has 0 unspecified atom stereocenters. The summed E-state index contributed by atoms with van der Waals surface area (Å²) in [5.41, 5.74) is 6.00. The summed E-state index contributed by atoms with van der Waals surface area (Å²) in [5, 5.41) is 16.5. The second-order valence-corrected chi connectivity index (χ2v) is 4.19. The zero-order chi connectivity index (χ0) is 14.0. The molecule has 6 nitrogen and oxygen atoms in total. The smallest absolute Gasteiger partial charge is 0.358 e. The first kappa shape index (κ1) is 13.4. The van der Waals surface area contributed by atoms with E-state index in [1.807, 2.05) is 0 Å². The molecule has 2 rings (SSSR count). The summed E-state index contributed by atoms with van der Waals surface area (Å²) < 4.78 is 14.4. The van der Waals surface area contributed by atoms with Crippen LogP contribution < -0.4 is 5.73 Å². The van der Waals surface area contributed by atoms with Crippen LogP contribution in [0.25, 0.3) is 0 Å². The molecule has 2 aromatic rings. The molecular formula is C11H10ClFN4O2. The van der Waals surface area contributed by atoms with Crippen LogP contribution in [-0.4, -0.2) is 26.1 Å². The minimum Gasteiger partial charge on any atom is -0.476 e. The zero-order valence-electron chi connectivity index (χ0n) is 9.68. The molecule has 1 heterocycles. The van der Waals surface area contributed by atoms with Crippen LogP contribution in [0.15, 0.2) is 18.2 Å². The summed E-state index contributed by atoms with van der Waals surface area (Å²) in [7, 11) is 0. The van der Waals surface area contributed by atoms with Crippen molar-refractivity contribution < 1.29 is 14.3 Å². The predicted molar refractivity (Wildman–Crippen MR) is 65.4 cm³/mol. The number of carboxylic acids is 1. The van der Waals surface area contributed by atoms with E-state index in [1.165, 1.54) is 22.9 Å². The van der Waals surface area contributed by atoms with Crippen LogP contribution in [0.4, 0.5) is 4.39 Å². The van der Waals surface area contributed by atoms with Crippen LogP contribution in [0, 0.1) is 5.82 Å². The van der Waals surface area contributed by atoms with Gasteiger partial charge in [-0.2, -0.15) is 0 Å². The maximum Gasteiger partial charge on any atom is 0.358 e. The van der Waals surface area contributed by atoms with E-state index in [1.54, 1.807) is 0 Å². The minimum absolute atomic E-state index is 0.0401. The average Bonchev–Trinajstić information content (AvgIpc) is 2.76. The Kier molecular flexibility index (Phi) is 3.77. The lowest BCUT2D eigenvalue weighted by Crippen LogP contribution is -2.13.